The van der Waals surface area contributed by atoms with Gasteiger partial charge in [0.05, 0.1) is 18.4 Å². The number of aliphatic carboxylic acids is 1. The number of hydrogen-bond donors (Lipinski definition) is 1. The monoisotopic (exact) mass is 269 g/mol. The van der Waals surface area contributed by atoms with Crippen molar-refractivity contribution in [1.29, 1.82) is 0 Å². The number of hydrogen-bond acceptors (Lipinski definition) is 3. The van der Waals surface area contributed by atoms with E-state index in [1.54, 1.807) is 4.90 Å². The Morgan fingerprint density at radius 1 is 1.21 bits per heavy atom. The fourth-order valence-electron chi connectivity index (χ4n) is 3.22. The van der Waals surface area contributed by atoms with Gasteiger partial charge in [0.1, 0.15) is 0 Å². The summed E-state index contributed by atoms with van der Waals surface area (Å²) in [5.74, 6) is -1.25. The second-order valence-corrected chi connectivity index (χ2v) is 5.59. The summed E-state index contributed by atoms with van der Waals surface area (Å²) in [5, 5.41) is 9.30. The number of ether oxygens (including phenoxy) is 1. The van der Waals surface area contributed by atoms with E-state index in [1.165, 1.54) is 0 Å². The summed E-state index contributed by atoms with van der Waals surface area (Å²) in [7, 11) is 0. The van der Waals surface area contributed by atoms with Crippen molar-refractivity contribution in [2.24, 2.45) is 17.8 Å². The summed E-state index contributed by atoms with van der Waals surface area (Å²) in [6, 6.07) is 0. The summed E-state index contributed by atoms with van der Waals surface area (Å²) in [4.78, 5) is 25.7. The van der Waals surface area contributed by atoms with Gasteiger partial charge in [-0.2, -0.15) is 0 Å². The van der Waals surface area contributed by atoms with Crippen LogP contribution < -0.4 is 0 Å². The molecule has 1 heterocycles. The Morgan fingerprint density at radius 2 is 1.95 bits per heavy atom. The lowest BCUT2D eigenvalue weighted by molar-refractivity contribution is -0.149. The van der Waals surface area contributed by atoms with Crippen LogP contribution in [0.15, 0.2) is 0 Å². The van der Waals surface area contributed by atoms with E-state index in [4.69, 9.17) is 4.74 Å². The van der Waals surface area contributed by atoms with Crippen molar-refractivity contribution in [3.05, 3.63) is 0 Å². The van der Waals surface area contributed by atoms with Crippen molar-refractivity contribution in [2.75, 3.05) is 26.3 Å². The molecule has 1 amide bonds. The van der Waals surface area contributed by atoms with Crippen molar-refractivity contribution in [3.63, 3.8) is 0 Å². The first-order valence-corrected chi connectivity index (χ1v) is 7.22. The van der Waals surface area contributed by atoms with Crippen molar-refractivity contribution in [1.82, 2.24) is 4.90 Å². The lowest BCUT2D eigenvalue weighted by Gasteiger charge is -2.25. The van der Waals surface area contributed by atoms with E-state index in [0.29, 0.717) is 38.6 Å². The Kier molecular flexibility index (Phi) is 4.80. The quantitative estimate of drug-likeness (QED) is 0.840. The molecular weight excluding hydrogens is 246 g/mol. The first-order chi connectivity index (χ1) is 9.13. The van der Waals surface area contributed by atoms with Gasteiger partial charge in [-0.15, -0.1) is 0 Å². The summed E-state index contributed by atoms with van der Waals surface area (Å²) in [6.45, 7) is 4.61. The first-order valence-electron chi connectivity index (χ1n) is 7.22. The molecule has 1 aliphatic heterocycles. The molecule has 5 heteroatoms. The van der Waals surface area contributed by atoms with Crippen LogP contribution in [-0.2, 0) is 14.3 Å². The number of nitrogens with zero attached hydrogens (tertiary/aromatic N) is 1. The fraction of sp³-hybridized carbons (Fsp3) is 0.857. The second kappa shape index (κ2) is 6.37. The molecule has 108 valence electrons. The Balaban J connectivity index is 2.05. The number of rotatable bonds is 3. The van der Waals surface area contributed by atoms with E-state index in [2.05, 4.69) is 6.92 Å². The molecule has 1 saturated carbocycles. The third-order valence-corrected chi connectivity index (χ3v) is 4.41. The van der Waals surface area contributed by atoms with Crippen LogP contribution in [0, 0.1) is 17.8 Å². The van der Waals surface area contributed by atoms with Gasteiger partial charge >= 0.3 is 5.97 Å². The molecular formula is C14H23NO4. The van der Waals surface area contributed by atoms with E-state index in [1.807, 2.05) is 0 Å². The predicted octanol–water partition coefficient (Wildman–Crippen LogP) is 1.37. The second-order valence-electron chi connectivity index (χ2n) is 5.59. The van der Waals surface area contributed by atoms with Crippen LogP contribution in [-0.4, -0.2) is 48.2 Å². The Labute approximate surface area is 113 Å². The minimum atomic E-state index is -0.819. The largest absolute Gasteiger partial charge is 0.481 e. The highest BCUT2D eigenvalue weighted by Gasteiger charge is 2.43. The highest BCUT2D eigenvalue weighted by Crippen LogP contribution is 2.39. The molecule has 0 aromatic carbocycles. The number of amides is 1. The maximum Gasteiger partial charge on any atom is 0.307 e. The maximum absolute atomic E-state index is 12.5. The zero-order valence-electron chi connectivity index (χ0n) is 11.5. The van der Waals surface area contributed by atoms with E-state index in [-0.39, 0.29) is 11.8 Å². The van der Waals surface area contributed by atoms with Gasteiger partial charge in [-0.1, -0.05) is 13.3 Å². The molecule has 2 fully saturated rings. The lowest BCUT2D eigenvalue weighted by atomic mass is 9.94. The molecule has 0 radical (unpaired) electrons. The summed E-state index contributed by atoms with van der Waals surface area (Å²) in [6.07, 6.45) is 3.17. The predicted molar refractivity (Wildman–Crippen MR) is 69.6 cm³/mol. The molecule has 1 N–H and O–H groups in total. The smallest absolute Gasteiger partial charge is 0.307 e. The van der Waals surface area contributed by atoms with Gasteiger partial charge in [0.15, 0.2) is 0 Å². The molecule has 3 atom stereocenters. The molecule has 5 nitrogen and oxygen atoms in total. The van der Waals surface area contributed by atoms with Crippen molar-refractivity contribution >= 4 is 11.9 Å². The van der Waals surface area contributed by atoms with Gasteiger partial charge in [-0.25, -0.2) is 0 Å². The van der Waals surface area contributed by atoms with E-state index < -0.39 is 11.9 Å². The van der Waals surface area contributed by atoms with Crippen LogP contribution in [0.1, 0.15) is 32.6 Å². The van der Waals surface area contributed by atoms with Gasteiger partial charge in [0.25, 0.3) is 0 Å². The van der Waals surface area contributed by atoms with E-state index >= 15 is 0 Å². The molecule has 0 aromatic heterocycles. The molecule has 19 heavy (non-hydrogen) atoms. The van der Waals surface area contributed by atoms with E-state index in [9.17, 15) is 14.7 Å². The number of carbonyl (C=O) groups is 2. The first kappa shape index (κ1) is 14.3. The maximum atomic E-state index is 12.5. The van der Waals surface area contributed by atoms with Crippen molar-refractivity contribution in [2.45, 2.75) is 32.6 Å². The summed E-state index contributed by atoms with van der Waals surface area (Å²) >= 11 is 0. The molecule has 2 aliphatic rings. The third-order valence-electron chi connectivity index (χ3n) is 4.41. The van der Waals surface area contributed by atoms with Gasteiger partial charge in [0, 0.05) is 19.7 Å². The zero-order valence-corrected chi connectivity index (χ0v) is 11.5. The molecule has 0 aromatic rings. The van der Waals surface area contributed by atoms with Crippen LogP contribution >= 0.6 is 0 Å². The number of carbonyl (C=O) groups excluding carboxylic acids is 1. The van der Waals surface area contributed by atoms with Gasteiger partial charge in [-0.05, 0) is 25.2 Å². The topological polar surface area (TPSA) is 66.8 Å². The molecule has 2 rings (SSSR count). The Hall–Kier alpha value is -1.10. The van der Waals surface area contributed by atoms with Crippen molar-refractivity contribution < 1.29 is 19.4 Å². The van der Waals surface area contributed by atoms with Gasteiger partial charge < -0.3 is 14.7 Å². The standard InChI is InChI=1S/C14H23NO4/c1-2-10-8-11(12(9-10)14(17)18)13(16)15-4-3-6-19-7-5-15/h10-12H,2-9H2,1H3,(H,17,18)/t10?,11-,12+/m0/s1. The average Bonchev–Trinajstić information content (AvgIpc) is 2.65. The normalized spacial score (nSPS) is 32.1. The van der Waals surface area contributed by atoms with Crippen LogP contribution in [0.2, 0.25) is 0 Å². The van der Waals surface area contributed by atoms with Crippen LogP contribution in [0.5, 0.6) is 0 Å². The van der Waals surface area contributed by atoms with Gasteiger partial charge in [0.2, 0.25) is 5.91 Å². The SMILES string of the molecule is CCC1C[C@H](C(=O)N2CCCOCC2)[C@H](C(=O)O)C1. The molecule has 0 bridgehead atoms. The Bertz CT molecular complexity index is 336. The molecule has 1 saturated heterocycles. The lowest BCUT2D eigenvalue weighted by Crippen LogP contribution is -2.40. The highest BCUT2D eigenvalue weighted by atomic mass is 16.5. The summed E-state index contributed by atoms with van der Waals surface area (Å²) < 4.78 is 5.34. The molecule has 0 spiro atoms. The number of carboxylic acid groups (broad SMARTS) is 1. The number of carboxylic acids is 1. The molecule has 1 aliphatic carbocycles. The zero-order chi connectivity index (χ0) is 13.8. The van der Waals surface area contributed by atoms with Crippen LogP contribution in [0.25, 0.3) is 0 Å². The fourth-order valence-corrected chi connectivity index (χ4v) is 3.22. The van der Waals surface area contributed by atoms with Crippen LogP contribution in [0.3, 0.4) is 0 Å². The van der Waals surface area contributed by atoms with Crippen LogP contribution in [0.4, 0.5) is 0 Å². The Morgan fingerprint density at radius 3 is 2.63 bits per heavy atom. The average molecular weight is 269 g/mol. The minimum Gasteiger partial charge on any atom is -0.481 e. The van der Waals surface area contributed by atoms with Crippen molar-refractivity contribution in [3.8, 4) is 0 Å². The molecule has 1 unspecified atom stereocenters. The minimum absolute atomic E-state index is 0.0221. The summed E-state index contributed by atoms with van der Waals surface area (Å²) in [5.41, 5.74) is 0. The highest BCUT2D eigenvalue weighted by molar-refractivity contribution is 5.85. The van der Waals surface area contributed by atoms with Gasteiger partial charge in [-0.3, -0.25) is 9.59 Å². The van der Waals surface area contributed by atoms with E-state index in [0.717, 1.165) is 19.3 Å². The third kappa shape index (κ3) is 3.26.